The van der Waals surface area contributed by atoms with Crippen molar-refractivity contribution in [3.63, 3.8) is 0 Å². The summed E-state index contributed by atoms with van der Waals surface area (Å²) in [7, 11) is 0. The topological polar surface area (TPSA) is 125 Å². The van der Waals surface area contributed by atoms with E-state index < -0.39 is 0 Å². The maximum absolute atomic E-state index is 13.5. The smallest absolute Gasteiger partial charge is 0.261 e. The van der Waals surface area contributed by atoms with Gasteiger partial charge in [-0.15, -0.1) is 0 Å². The summed E-state index contributed by atoms with van der Waals surface area (Å²) in [6.45, 7) is 3.99. The molecule has 31 heavy (non-hydrogen) atoms. The van der Waals surface area contributed by atoms with Crippen molar-refractivity contribution in [1.29, 1.82) is 0 Å². The van der Waals surface area contributed by atoms with Crippen LogP contribution in [0.4, 0.5) is 11.6 Å². The van der Waals surface area contributed by atoms with E-state index in [1.165, 1.54) is 12.6 Å². The van der Waals surface area contributed by atoms with Gasteiger partial charge in [0.15, 0.2) is 0 Å². The van der Waals surface area contributed by atoms with Gasteiger partial charge in [-0.1, -0.05) is 24.2 Å². The van der Waals surface area contributed by atoms with Crippen LogP contribution in [0.3, 0.4) is 0 Å². The molecule has 0 aliphatic heterocycles. The highest BCUT2D eigenvalue weighted by atomic mass is 16.5. The minimum Gasteiger partial charge on any atom is -0.383 e. The van der Waals surface area contributed by atoms with Crippen LogP contribution < -0.4 is 16.6 Å². The van der Waals surface area contributed by atoms with E-state index in [1.807, 2.05) is 36.6 Å². The Kier molecular flexibility index (Phi) is 4.65. The summed E-state index contributed by atoms with van der Waals surface area (Å²) >= 11 is 0. The third-order valence-electron chi connectivity index (χ3n) is 5.68. The van der Waals surface area contributed by atoms with Crippen molar-refractivity contribution in [2.75, 3.05) is 11.1 Å². The van der Waals surface area contributed by atoms with Gasteiger partial charge in [0.1, 0.15) is 35.7 Å². The van der Waals surface area contributed by atoms with Crippen LogP contribution in [0.1, 0.15) is 49.7 Å². The molecule has 0 radical (unpaired) electrons. The maximum Gasteiger partial charge on any atom is 0.261 e. The average molecular weight is 417 g/mol. The zero-order valence-corrected chi connectivity index (χ0v) is 17.4. The van der Waals surface area contributed by atoms with Gasteiger partial charge in [0, 0.05) is 12.1 Å². The van der Waals surface area contributed by atoms with E-state index in [1.54, 1.807) is 6.07 Å². The molecule has 0 saturated heterocycles. The van der Waals surface area contributed by atoms with Crippen molar-refractivity contribution in [2.45, 2.75) is 45.2 Å². The molecule has 0 bridgehead atoms. The van der Waals surface area contributed by atoms with Gasteiger partial charge < -0.3 is 15.6 Å². The first-order valence-corrected chi connectivity index (χ1v) is 10.4. The minimum atomic E-state index is -0.252. The fraction of sp³-hybridized carbons (Fsp3) is 0.318. The summed E-state index contributed by atoms with van der Waals surface area (Å²) < 4.78 is 6.84. The lowest BCUT2D eigenvalue weighted by atomic mass is 10.1. The fourth-order valence-electron chi connectivity index (χ4n) is 3.97. The molecule has 3 N–H and O–H groups in total. The highest BCUT2D eigenvalue weighted by Crippen LogP contribution is 2.38. The molecule has 5 rings (SSSR count). The molecule has 1 atom stereocenters. The number of nitrogens with one attached hydrogen (secondary N) is 1. The number of aryl methyl sites for hydroxylation is 1. The van der Waals surface area contributed by atoms with E-state index in [0.717, 1.165) is 18.4 Å². The molecule has 0 amide bonds. The van der Waals surface area contributed by atoms with E-state index in [2.05, 4.69) is 20.4 Å². The first-order chi connectivity index (χ1) is 15.1. The number of hydrogen-bond acceptors (Lipinski definition) is 8. The molecular weight excluding hydrogens is 394 g/mol. The van der Waals surface area contributed by atoms with Gasteiger partial charge in [-0.3, -0.25) is 9.36 Å². The van der Waals surface area contributed by atoms with Crippen molar-refractivity contribution in [3.8, 4) is 11.3 Å². The van der Waals surface area contributed by atoms with Crippen LogP contribution >= 0.6 is 0 Å². The predicted molar refractivity (Wildman–Crippen MR) is 118 cm³/mol. The molecule has 1 aromatic carbocycles. The van der Waals surface area contributed by atoms with Crippen LogP contribution in [0.2, 0.25) is 0 Å². The second-order valence-corrected chi connectivity index (χ2v) is 7.82. The number of hydrogen-bond donors (Lipinski definition) is 2. The Balaban J connectivity index is 1.65. The Morgan fingerprint density at radius 1 is 1.29 bits per heavy atom. The summed E-state index contributed by atoms with van der Waals surface area (Å²) in [6, 6.07) is 7.40. The molecule has 4 aromatic rings. The van der Waals surface area contributed by atoms with E-state index >= 15 is 0 Å². The number of nitrogens with two attached hydrogens (primary N) is 1. The molecular formula is C22H23N7O2. The molecule has 1 fully saturated rings. The van der Waals surface area contributed by atoms with Gasteiger partial charge >= 0.3 is 0 Å². The first kappa shape index (κ1) is 19.2. The van der Waals surface area contributed by atoms with Crippen LogP contribution in [0.15, 0.2) is 46.2 Å². The van der Waals surface area contributed by atoms with Gasteiger partial charge in [0.2, 0.25) is 0 Å². The molecule has 3 heterocycles. The Morgan fingerprint density at radius 2 is 2.13 bits per heavy atom. The molecule has 0 spiro atoms. The van der Waals surface area contributed by atoms with Gasteiger partial charge in [-0.05, 0) is 37.8 Å². The molecule has 158 valence electrons. The normalized spacial score (nSPS) is 14.6. The zero-order chi connectivity index (χ0) is 21.5. The highest BCUT2D eigenvalue weighted by Gasteiger charge is 2.31. The second kappa shape index (κ2) is 7.50. The Bertz CT molecular complexity index is 1310. The number of nitrogens with zero attached hydrogens (tertiary/aromatic N) is 5. The van der Waals surface area contributed by atoms with Crippen molar-refractivity contribution < 1.29 is 4.52 Å². The third kappa shape index (κ3) is 3.31. The molecule has 9 nitrogen and oxygen atoms in total. The number of fused-ring (bicyclic) bond motifs is 1. The van der Waals surface area contributed by atoms with Gasteiger partial charge in [-0.2, -0.15) is 0 Å². The van der Waals surface area contributed by atoms with Gasteiger partial charge in [0.05, 0.1) is 22.5 Å². The standard InChI is InChI=1S/C22H23N7O2/c1-3-14(26-20-18(16-9-10-31-28-16)19(23)24-11-25-20)21-27-15-6-4-5-12(2)17(15)22(30)29(21)13-7-8-13/h4-6,9-11,13-14H,3,7-8H2,1-2H3,(H3,23,24,25,26)/t14-/m0/s1. The van der Waals surface area contributed by atoms with Crippen molar-refractivity contribution in [3.05, 3.63) is 58.6 Å². The van der Waals surface area contributed by atoms with E-state index in [0.29, 0.717) is 46.0 Å². The van der Waals surface area contributed by atoms with Crippen LogP contribution in [-0.2, 0) is 0 Å². The van der Waals surface area contributed by atoms with Crippen molar-refractivity contribution in [2.24, 2.45) is 0 Å². The first-order valence-electron chi connectivity index (χ1n) is 10.4. The Morgan fingerprint density at radius 3 is 2.84 bits per heavy atom. The lowest BCUT2D eigenvalue weighted by Crippen LogP contribution is -2.29. The lowest BCUT2D eigenvalue weighted by molar-refractivity contribution is 0.422. The number of aromatic nitrogens is 5. The molecule has 1 aliphatic rings. The Hall–Kier alpha value is -3.75. The fourth-order valence-corrected chi connectivity index (χ4v) is 3.97. The average Bonchev–Trinajstić information content (AvgIpc) is 3.45. The molecule has 3 aromatic heterocycles. The number of benzene rings is 1. The Labute approximate surface area is 178 Å². The number of anilines is 2. The van der Waals surface area contributed by atoms with Crippen molar-refractivity contribution in [1.82, 2.24) is 24.7 Å². The van der Waals surface area contributed by atoms with E-state index in [4.69, 9.17) is 15.2 Å². The highest BCUT2D eigenvalue weighted by molar-refractivity contribution is 5.82. The summed E-state index contributed by atoms with van der Waals surface area (Å²) in [5, 5.41) is 8.11. The molecule has 0 unspecified atom stereocenters. The molecule has 9 heteroatoms. The second-order valence-electron chi connectivity index (χ2n) is 7.82. The summed E-state index contributed by atoms with van der Waals surface area (Å²) in [5.41, 5.74) is 8.89. The lowest BCUT2D eigenvalue weighted by Gasteiger charge is -2.23. The van der Waals surface area contributed by atoms with Gasteiger partial charge in [0.25, 0.3) is 5.56 Å². The van der Waals surface area contributed by atoms with E-state index in [-0.39, 0.29) is 17.6 Å². The van der Waals surface area contributed by atoms with Crippen LogP contribution in [0.5, 0.6) is 0 Å². The molecule has 1 aliphatic carbocycles. The molecule has 1 saturated carbocycles. The summed E-state index contributed by atoms with van der Waals surface area (Å²) in [4.78, 5) is 26.9. The van der Waals surface area contributed by atoms with Crippen LogP contribution in [0.25, 0.3) is 22.2 Å². The predicted octanol–water partition coefficient (Wildman–Crippen LogP) is 3.63. The largest absolute Gasteiger partial charge is 0.383 e. The summed E-state index contributed by atoms with van der Waals surface area (Å²) in [6.07, 6.45) is 5.53. The van der Waals surface area contributed by atoms with Gasteiger partial charge in [-0.25, -0.2) is 15.0 Å². The maximum atomic E-state index is 13.5. The van der Waals surface area contributed by atoms with Crippen molar-refractivity contribution >= 4 is 22.5 Å². The quantitative estimate of drug-likeness (QED) is 0.487. The minimum absolute atomic E-state index is 0.0137. The number of nitrogen functional groups attached to an aromatic ring is 1. The zero-order valence-electron chi connectivity index (χ0n) is 17.4. The summed E-state index contributed by atoms with van der Waals surface area (Å²) in [5.74, 6) is 1.52. The SMILES string of the molecule is CC[C@H](Nc1ncnc(N)c1-c1ccon1)c1nc2cccc(C)c2c(=O)n1C1CC1. The number of rotatable bonds is 6. The van der Waals surface area contributed by atoms with Crippen LogP contribution in [-0.4, -0.2) is 24.7 Å². The van der Waals surface area contributed by atoms with E-state index in [9.17, 15) is 4.79 Å². The monoisotopic (exact) mass is 417 g/mol. The van der Waals surface area contributed by atoms with Crippen LogP contribution in [0, 0.1) is 6.92 Å². The third-order valence-corrected chi connectivity index (χ3v) is 5.68.